The highest BCUT2D eigenvalue weighted by atomic mass is 19.4. The third-order valence-corrected chi connectivity index (χ3v) is 5.54. The van der Waals surface area contributed by atoms with Crippen LogP contribution in [0.3, 0.4) is 0 Å². The lowest BCUT2D eigenvalue weighted by Gasteiger charge is -2.25. The van der Waals surface area contributed by atoms with Crippen LogP contribution in [0, 0.1) is 0 Å². The number of alkyl halides is 3. The summed E-state index contributed by atoms with van der Waals surface area (Å²) in [5, 5.41) is 3.32. The van der Waals surface area contributed by atoms with Crippen molar-refractivity contribution in [2.45, 2.75) is 32.9 Å². The molecule has 1 amide bonds. The quantitative estimate of drug-likeness (QED) is 0.710. The molecule has 1 saturated heterocycles. The summed E-state index contributed by atoms with van der Waals surface area (Å²) in [7, 11) is 0. The van der Waals surface area contributed by atoms with E-state index in [4.69, 9.17) is 0 Å². The standard InChI is InChI=1S/C24H27F3N2O/c1-3-29(4-2)23(30)21-8-6-5-7-20(21)22(18-13-15-28-16-14-18)17-9-11-19(12-10-17)24(25,26)27/h5-12,28H,3-4,13-16H2,1-2H3. The summed E-state index contributed by atoms with van der Waals surface area (Å²) in [4.78, 5) is 14.9. The van der Waals surface area contributed by atoms with E-state index in [1.54, 1.807) is 4.90 Å². The lowest BCUT2D eigenvalue weighted by Crippen LogP contribution is -2.31. The van der Waals surface area contributed by atoms with E-state index in [1.165, 1.54) is 12.1 Å². The molecule has 3 rings (SSSR count). The van der Waals surface area contributed by atoms with Gasteiger partial charge in [0, 0.05) is 18.7 Å². The molecule has 0 atom stereocenters. The Labute approximate surface area is 175 Å². The van der Waals surface area contributed by atoms with Gasteiger partial charge in [0.15, 0.2) is 0 Å². The van der Waals surface area contributed by atoms with Crippen molar-refractivity contribution in [3.8, 4) is 0 Å². The molecule has 0 radical (unpaired) electrons. The van der Waals surface area contributed by atoms with E-state index in [-0.39, 0.29) is 5.91 Å². The van der Waals surface area contributed by atoms with Crippen LogP contribution in [0.25, 0.3) is 5.57 Å². The number of hydrogen-bond donors (Lipinski definition) is 1. The van der Waals surface area contributed by atoms with E-state index in [9.17, 15) is 18.0 Å². The first-order valence-electron chi connectivity index (χ1n) is 10.4. The maximum atomic E-state index is 13.2. The van der Waals surface area contributed by atoms with Crippen LogP contribution in [0.5, 0.6) is 0 Å². The van der Waals surface area contributed by atoms with Gasteiger partial charge in [0.05, 0.1) is 5.56 Å². The highest BCUT2D eigenvalue weighted by molar-refractivity contribution is 6.01. The van der Waals surface area contributed by atoms with Crippen molar-refractivity contribution in [3.63, 3.8) is 0 Å². The normalized spacial score (nSPS) is 14.5. The summed E-state index contributed by atoms with van der Waals surface area (Å²) in [6.45, 7) is 6.69. The summed E-state index contributed by atoms with van der Waals surface area (Å²) in [5.41, 5.74) is 3.44. The van der Waals surface area contributed by atoms with Gasteiger partial charge in [-0.05, 0) is 74.7 Å². The highest BCUT2D eigenvalue weighted by Crippen LogP contribution is 2.36. The molecule has 1 fully saturated rings. The number of halogens is 3. The van der Waals surface area contributed by atoms with Crippen molar-refractivity contribution in [1.29, 1.82) is 0 Å². The second-order valence-corrected chi connectivity index (χ2v) is 7.33. The minimum Gasteiger partial charge on any atom is -0.339 e. The highest BCUT2D eigenvalue weighted by Gasteiger charge is 2.30. The van der Waals surface area contributed by atoms with Crippen LogP contribution >= 0.6 is 0 Å². The van der Waals surface area contributed by atoms with E-state index in [2.05, 4.69) is 5.32 Å². The lowest BCUT2D eigenvalue weighted by atomic mass is 9.86. The SMILES string of the molecule is CCN(CC)C(=O)c1ccccc1C(=C1CCNCC1)c1ccc(C(F)(F)F)cc1. The monoisotopic (exact) mass is 416 g/mol. The molecule has 0 spiro atoms. The average molecular weight is 416 g/mol. The summed E-state index contributed by atoms with van der Waals surface area (Å²) < 4.78 is 39.2. The van der Waals surface area contributed by atoms with Crippen molar-refractivity contribution in [3.05, 3.63) is 76.4 Å². The van der Waals surface area contributed by atoms with Crippen LogP contribution in [0.15, 0.2) is 54.1 Å². The van der Waals surface area contributed by atoms with Gasteiger partial charge in [0.25, 0.3) is 5.91 Å². The molecule has 1 aliphatic heterocycles. The number of nitrogens with zero attached hydrogens (tertiary/aromatic N) is 1. The third-order valence-electron chi connectivity index (χ3n) is 5.54. The molecule has 2 aromatic rings. The van der Waals surface area contributed by atoms with Crippen LogP contribution in [0.1, 0.15) is 53.7 Å². The molecule has 6 heteroatoms. The lowest BCUT2D eigenvalue weighted by molar-refractivity contribution is -0.137. The van der Waals surface area contributed by atoms with Crippen LogP contribution in [0.2, 0.25) is 0 Å². The first-order chi connectivity index (χ1) is 14.4. The fraction of sp³-hybridized carbons (Fsp3) is 0.375. The molecule has 0 bridgehead atoms. The smallest absolute Gasteiger partial charge is 0.339 e. The number of nitrogens with one attached hydrogen (secondary N) is 1. The summed E-state index contributed by atoms with van der Waals surface area (Å²) in [6, 6.07) is 12.7. The van der Waals surface area contributed by atoms with E-state index in [1.807, 2.05) is 38.1 Å². The van der Waals surface area contributed by atoms with Crippen molar-refractivity contribution >= 4 is 11.5 Å². The molecule has 0 aromatic heterocycles. The van der Waals surface area contributed by atoms with E-state index in [0.717, 1.165) is 54.8 Å². The van der Waals surface area contributed by atoms with Gasteiger partial charge in [0.1, 0.15) is 0 Å². The predicted molar refractivity (Wildman–Crippen MR) is 113 cm³/mol. The zero-order chi connectivity index (χ0) is 21.7. The van der Waals surface area contributed by atoms with E-state index < -0.39 is 11.7 Å². The van der Waals surface area contributed by atoms with Gasteiger partial charge in [-0.1, -0.05) is 35.9 Å². The van der Waals surface area contributed by atoms with Crippen LogP contribution in [0.4, 0.5) is 13.2 Å². The minimum absolute atomic E-state index is 0.0606. The zero-order valence-corrected chi connectivity index (χ0v) is 17.4. The number of carbonyl (C=O) groups excluding carboxylic acids is 1. The second-order valence-electron chi connectivity index (χ2n) is 7.33. The van der Waals surface area contributed by atoms with Crippen molar-refractivity contribution in [2.24, 2.45) is 0 Å². The van der Waals surface area contributed by atoms with Crippen LogP contribution < -0.4 is 5.32 Å². The Kier molecular flexibility index (Phi) is 6.98. The minimum atomic E-state index is -4.38. The summed E-state index contributed by atoms with van der Waals surface area (Å²) in [5.74, 6) is -0.0606. The van der Waals surface area contributed by atoms with Crippen molar-refractivity contribution in [2.75, 3.05) is 26.2 Å². The first-order valence-corrected chi connectivity index (χ1v) is 10.4. The van der Waals surface area contributed by atoms with Crippen molar-refractivity contribution < 1.29 is 18.0 Å². The van der Waals surface area contributed by atoms with E-state index in [0.29, 0.717) is 24.2 Å². The Morgan fingerprint density at radius 1 is 0.933 bits per heavy atom. The number of amides is 1. The largest absolute Gasteiger partial charge is 0.416 e. The number of carbonyl (C=O) groups is 1. The number of hydrogen-bond acceptors (Lipinski definition) is 2. The van der Waals surface area contributed by atoms with E-state index >= 15 is 0 Å². The molecule has 3 nitrogen and oxygen atoms in total. The molecule has 1 N–H and O–H groups in total. The van der Waals surface area contributed by atoms with Crippen LogP contribution in [-0.2, 0) is 6.18 Å². The molecule has 0 aliphatic carbocycles. The van der Waals surface area contributed by atoms with Gasteiger partial charge in [-0.25, -0.2) is 0 Å². The maximum Gasteiger partial charge on any atom is 0.416 e. The average Bonchev–Trinajstić information content (AvgIpc) is 2.75. The molecule has 2 aromatic carbocycles. The molecule has 1 heterocycles. The Bertz CT molecular complexity index is 905. The summed E-state index contributed by atoms with van der Waals surface area (Å²) >= 11 is 0. The molecule has 1 aliphatic rings. The van der Waals surface area contributed by atoms with Crippen LogP contribution in [-0.4, -0.2) is 37.0 Å². The molecule has 160 valence electrons. The maximum absolute atomic E-state index is 13.2. The Morgan fingerprint density at radius 2 is 1.50 bits per heavy atom. The van der Waals surface area contributed by atoms with Gasteiger partial charge in [-0.3, -0.25) is 4.79 Å². The fourth-order valence-corrected chi connectivity index (χ4v) is 3.92. The Hall–Kier alpha value is -2.60. The van der Waals surface area contributed by atoms with Gasteiger partial charge >= 0.3 is 6.18 Å². The van der Waals surface area contributed by atoms with Crippen molar-refractivity contribution in [1.82, 2.24) is 10.2 Å². The molecular formula is C24H27F3N2O. The second kappa shape index (κ2) is 9.47. The molecular weight excluding hydrogens is 389 g/mol. The van der Waals surface area contributed by atoms with Gasteiger partial charge in [0.2, 0.25) is 0 Å². The zero-order valence-electron chi connectivity index (χ0n) is 17.4. The number of benzene rings is 2. The fourth-order valence-electron chi connectivity index (χ4n) is 3.92. The predicted octanol–water partition coefficient (Wildman–Crippen LogP) is 5.37. The Morgan fingerprint density at radius 3 is 2.03 bits per heavy atom. The third kappa shape index (κ3) is 4.75. The number of piperidine rings is 1. The summed E-state index contributed by atoms with van der Waals surface area (Å²) in [6.07, 6.45) is -2.79. The number of rotatable bonds is 5. The van der Waals surface area contributed by atoms with Gasteiger partial charge < -0.3 is 10.2 Å². The molecule has 30 heavy (non-hydrogen) atoms. The van der Waals surface area contributed by atoms with Gasteiger partial charge in [-0.2, -0.15) is 13.2 Å². The topological polar surface area (TPSA) is 32.3 Å². The Balaban J connectivity index is 2.15. The first kappa shape index (κ1) is 22.1. The molecule has 0 unspecified atom stereocenters. The van der Waals surface area contributed by atoms with Gasteiger partial charge in [-0.15, -0.1) is 0 Å². The molecule has 0 saturated carbocycles.